The van der Waals surface area contributed by atoms with Crippen molar-refractivity contribution >= 4 is 22.9 Å². The normalized spacial score (nSPS) is 10.5. The van der Waals surface area contributed by atoms with Crippen LogP contribution < -0.4 is 9.64 Å². The summed E-state index contributed by atoms with van der Waals surface area (Å²) >= 11 is 1.37. The number of ether oxygens (including phenoxy) is 1. The number of aromatic nitrogens is 2. The monoisotopic (exact) mass is 353 g/mol. The van der Waals surface area contributed by atoms with Crippen LogP contribution in [0.4, 0.5) is 5.69 Å². The minimum absolute atomic E-state index is 0.0653. The van der Waals surface area contributed by atoms with Gasteiger partial charge in [-0.15, -0.1) is 11.3 Å². The fourth-order valence-corrected chi connectivity index (χ4v) is 3.27. The van der Waals surface area contributed by atoms with Crippen LogP contribution in [-0.2, 0) is 6.61 Å². The lowest BCUT2D eigenvalue weighted by molar-refractivity contribution is 0.0996. The third-order valence-electron chi connectivity index (χ3n) is 3.73. The summed E-state index contributed by atoms with van der Waals surface area (Å²) in [6.45, 7) is 4.09. The highest BCUT2D eigenvalue weighted by Gasteiger charge is 2.20. The average molecular weight is 353 g/mol. The molecule has 1 aromatic carbocycles. The van der Waals surface area contributed by atoms with Gasteiger partial charge in [0.05, 0.1) is 11.9 Å². The first-order valence-corrected chi connectivity index (χ1v) is 8.71. The van der Waals surface area contributed by atoms with Crippen LogP contribution in [0, 0.1) is 13.8 Å². The van der Waals surface area contributed by atoms with Gasteiger partial charge < -0.3 is 9.64 Å². The van der Waals surface area contributed by atoms with Crippen molar-refractivity contribution in [3.05, 3.63) is 69.9 Å². The maximum atomic E-state index is 12.7. The number of thiazole rings is 1. The highest BCUT2D eigenvalue weighted by Crippen LogP contribution is 2.23. The molecule has 2 heterocycles. The summed E-state index contributed by atoms with van der Waals surface area (Å²) in [5, 5.41) is 0.767. The van der Waals surface area contributed by atoms with Crippen LogP contribution in [0.25, 0.3) is 0 Å². The Morgan fingerprint density at radius 3 is 2.60 bits per heavy atom. The Morgan fingerprint density at radius 1 is 1.16 bits per heavy atom. The first-order chi connectivity index (χ1) is 12.0. The molecule has 0 aliphatic heterocycles. The topological polar surface area (TPSA) is 55.3 Å². The van der Waals surface area contributed by atoms with Gasteiger partial charge in [-0.25, -0.2) is 4.98 Å². The predicted molar refractivity (Wildman–Crippen MR) is 99.3 cm³/mol. The van der Waals surface area contributed by atoms with Crippen molar-refractivity contribution < 1.29 is 9.53 Å². The Balaban J connectivity index is 1.71. The number of aryl methyl sites for hydroxylation is 2. The second-order valence-electron chi connectivity index (χ2n) is 5.65. The number of carbonyl (C=O) groups excluding carboxylic acids is 1. The molecule has 0 aliphatic carbocycles. The molecule has 0 bridgehead atoms. The highest BCUT2D eigenvalue weighted by atomic mass is 32.1. The maximum Gasteiger partial charge on any atom is 0.270 e. The second-order valence-corrected chi connectivity index (χ2v) is 6.73. The Kier molecular flexibility index (Phi) is 5.09. The molecule has 128 valence electrons. The fraction of sp³-hybridized carbons (Fsp3) is 0.211. The van der Waals surface area contributed by atoms with Crippen LogP contribution in [0.15, 0.2) is 48.7 Å². The number of hydrogen-bond donors (Lipinski definition) is 0. The molecule has 1 amide bonds. The van der Waals surface area contributed by atoms with E-state index in [2.05, 4.69) is 9.97 Å². The minimum atomic E-state index is -0.0653. The maximum absolute atomic E-state index is 12.7. The van der Waals surface area contributed by atoms with E-state index in [1.54, 1.807) is 18.1 Å². The van der Waals surface area contributed by atoms with Crippen molar-refractivity contribution in [1.82, 2.24) is 9.97 Å². The summed E-state index contributed by atoms with van der Waals surface area (Å²) in [6, 6.07) is 13.3. The molecule has 0 atom stereocenters. The smallest absolute Gasteiger partial charge is 0.270 e. The number of carbonyl (C=O) groups is 1. The van der Waals surface area contributed by atoms with Crippen molar-refractivity contribution in [3.8, 4) is 5.75 Å². The van der Waals surface area contributed by atoms with Gasteiger partial charge in [0.2, 0.25) is 0 Å². The standard InChI is InChI=1S/C19H19N3O2S/c1-13-9-10-16(11-20-13)24-12-17-21-14(2)18(25-17)19(23)22(3)15-7-5-4-6-8-15/h4-11H,12H2,1-3H3. The predicted octanol–water partition coefficient (Wildman–Crippen LogP) is 4.01. The van der Waals surface area contributed by atoms with E-state index in [4.69, 9.17) is 4.74 Å². The highest BCUT2D eigenvalue weighted by molar-refractivity contribution is 7.13. The van der Waals surface area contributed by atoms with Gasteiger partial charge in [0, 0.05) is 18.4 Å². The zero-order valence-corrected chi connectivity index (χ0v) is 15.2. The summed E-state index contributed by atoms with van der Waals surface area (Å²) in [5.74, 6) is 0.622. The van der Waals surface area contributed by atoms with E-state index >= 15 is 0 Å². The third-order valence-corrected chi connectivity index (χ3v) is 4.85. The van der Waals surface area contributed by atoms with Gasteiger partial charge in [-0.05, 0) is 38.1 Å². The van der Waals surface area contributed by atoms with E-state index in [0.29, 0.717) is 17.2 Å². The van der Waals surface area contributed by atoms with Gasteiger partial charge in [-0.3, -0.25) is 9.78 Å². The van der Waals surface area contributed by atoms with Gasteiger partial charge in [0.1, 0.15) is 22.2 Å². The molecule has 0 fully saturated rings. The Bertz CT molecular complexity index is 860. The Morgan fingerprint density at radius 2 is 1.92 bits per heavy atom. The quantitative estimate of drug-likeness (QED) is 0.695. The third kappa shape index (κ3) is 4.03. The van der Waals surface area contributed by atoms with Crippen LogP contribution in [0.1, 0.15) is 26.1 Å². The number of rotatable bonds is 5. The second kappa shape index (κ2) is 7.44. The van der Waals surface area contributed by atoms with Crippen molar-refractivity contribution in [2.24, 2.45) is 0 Å². The fourth-order valence-electron chi connectivity index (χ4n) is 2.32. The summed E-state index contributed by atoms with van der Waals surface area (Å²) in [7, 11) is 1.77. The molecular formula is C19H19N3O2S. The lowest BCUT2D eigenvalue weighted by Crippen LogP contribution is -2.25. The average Bonchev–Trinajstić information content (AvgIpc) is 3.01. The van der Waals surface area contributed by atoms with E-state index in [0.717, 1.165) is 22.1 Å². The van der Waals surface area contributed by atoms with Crippen LogP contribution in [0.5, 0.6) is 5.75 Å². The number of nitrogens with zero attached hydrogens (tertiary/aromatic N) is 3. The van der Waals surface area contributed by atoms with E-state index in [9.17, 15) is 4.79 Å². The van der Waals surface area contributed by atoms with Crippen molar-refractivity contribution in [3.63, 3.8) is 0 Å². The zero-order valence-electron chi connectivity index (χ0n) is 14.4. The molecule has 0 radical (unpaired) electrons. The lowest BCUT2D eigenvalue weighted by atomic mass is 10.3. The summed E-state index contributed by atoms with van der Waals surface area (Å²) in [5.41, 5.74) is 2.51. The SMILES string of the molecule is Cc1ccc(OCc2nc(C)c(C(=O)N(C)c3ccccc3)s2)cn1. The summed E-state index contributed by atoms with van der Waals surface area (Å²) < 4.78 is 5.70. The van der Waals surface area contributed by atoms with Crippen molar-refractivity contribution in [1.29, 1.82) is 0 Å². The molecule has 0 unspecified atom stereocenters. The number of para-hydroxylation sites is 1. The molecule has 0 saturated carbocycles. The van der Waals surface area contributed by atoms with Crippen molar-refractivity contribution in [2.45, 2.75) is 20.5 Å². The largest absolute Gasteiger partial charge is 0.485 e. The molecular weight excluding hydrogens is 334 g/mol. The van der Waals surface area contributed by atoms with E-state index in [1.807, 2.05) is 56.3 Å². The molecule has 6 heteroatoms. The molecule has 0 aliphatic rings. The van der Waals surface area contributed by atoms with Gasteiger partial charge in [0.15, 0.2) is 0 Å². The first kappa shape index (κ1) is 17.1. The van der Waals surface area contributed by atoms with Gasteiger partial charge in [-0.1, -0.05) is 18.2 Å². The zero-order chi connectivity index (χ0) is 17.8. The van der Waals surface area contributed by atoms with Crippen LogP contribution in [0.3, 0.4) is 0 Å². The molecule has 0 N–H and O–H groups in total. The molecule has 5 nitrogen and oxygen atoms in total. The van der Waals surface area contributed by atoms with Crippen LogP contribution >= 0.6 is 11.3 Å². The van der Waals surface area contributed by atoms with Gasteiger partial charge in [-0.2, -0.15) is 0 Å². The number of anilines is 1. The number of benzene rings is 1. The molecule has 2 aromatic heterocycles. The summed E-state index contributed by atoms with van der Waals surface area (Å²) in [4.78, 5) is 23.7. The van der Waals surface area contributed by atoms with E-state index in [-0.39, 0.29) is 5.91 Å². The summed E-state index contributed by atoms with van der Waals surface area (Å²) in [6.07, 6.45) is 1.69. The lowest BCUT2D eigenvalue weighted by Gasteiger charge is -2.16. The first-order valence-electron chi connectivity index (χ1n) is 7.89. The van der Waals surface area contributed by atoms with Gasteiger partial charge >= 0.3 is 0 Å². The van der Waals surface area contributed by atoms with Gasteiger partial charge in [0.25, 0.3) is 5.91 Å². The van der Waals surface area contributed by atoms with E-state index in [1.165, 1.54) is 11.3 Å². The molecule has 3 aromatic rings. The van der Waals surface area contributed by atoms with Crippen LogP contribution in [0.2, 0.25) is 0 Å². The number of pyridine rings is 1. The van der Waals surface area contributed by atoms with Crippen LogP contribution in [-0.4, -0.2) is 22.9 Å². The minimum Gasteiger partial charge on any atom is -0.485 e. The van der Waals surface area contributed by atoms with Crippen molar-refractivity contribution in [2.75, 3.05) is 11.9 Å². The number of amides is 1. The Labute approximate surface area is 150 Å². The number of hydrogen-bond acceptors (Lipinski definition) is 5. The molecule has 25 heavy (non-hydrogen) atoms. The molecule has 3 rings (SSSR count). The Hall–Kier alpha value is -2.73. The molecule has 0 spiro atoms. The molecule has 0 saturated heterocycles. The van der Waals surface area contributed by atoms with E-state index < -0.39 is 0 Å².